The van der Waals surface area contributed by atoms with Crippen LogP contribution >= 0.6 is 22.7 Å². The summed E-state index contributed by atoms with van der Waals surface area (Å²) in [6.45, 7) is 0. The lowest BCUT2D eigenvalue weighted by molar-refractivity contribution is 0.102. The van der Waals surface area contributed by atoms with E-state index in [-0.39, 0.29) is 5.91 Å². The molecular formula is C12H8N4OS2. The van der Waals surface area contributed by atoms with Crippen LogP contribution in [0.25, 0.3) is 10.6 Å². The minimum absolute atomic E-state index is 0.268. The maximum absolute atomic E-state index is 11.9. The van der Waals surface area contributed by atoms with Crippen molar-refractivity contribution >= 4 is 33.7 Å². The molecule has 5 nitrogen and oxygen atoms in total. The van der Waals surface area contributed by atoms with Gasteiger partial charge in [-0.1, -0.05) is 41.7 Å². The second-order valence-electron chi connectivity index (χ2n) is 3.60. The summed E-state index contributed by atoms with van der Waals surface area (Å²) in [6, 6.07) is 9.76. The lowest BCUT2D eigenvalue weighted by atomic mass is 10.2. The fourth-order valence-corrected chi connectivity index (χ4v) is 2.73. The van der Waals surface area contributed by atoms with Crippen LogP contribution in [-0.2, 0) is 0 Å². The van der Waals surface area contributed by atoms with Crippen molar-refractivity contribution < 1.29 is 4.79 Å². The van der Waals surface area contributed by atoms with Crippen LogP contribution in [0.3, 0.4) is 0 Å². The van der Waals surface area contributed by atoms with Crippen LogP contribution in [-0.4, -0.2) is 21.1 Å². The molecule has 19 heavy (non-hydrogen) atoms. The average Bonchev–Trinajstić information content (AvgIpc) is 3.10. The molecule has 1 aromatic carbocycles. The predicted molar refractivity (Wildman–Crippen MR) is 75.4 cm³/mol. The van der Waals surface area contributed by atoms with Crippen LogP contribution in [0.1, 0.15) is 10.5 Å². The molecule has 2 aromatic heterocycles. The zero-order chi connectivity index (χ0) is 13.1. The molecule has 0 aliphatic rings. The molecule has 0 atom stereocenters. The molecule has 2 heterocycles. The lowest BCUT2D eigenvalue weighted by Crippen LogP contribution is -2.12. The Bertz CT molecular complexity index is 679. The highest BCUT2D eigenvalue weighted by Gasteiger charge is 2.13. The molecule has 7 heteroatoms. The van der Waals surface area contributed by atoms with Crippen molar-refractivity contribution in [3.8, 4) is 10.6 Å². The zero-order valence-electron chi connectivity index (χ0n) is 9.61. The van der Waals surface area contributed by atoms with Crippen molar-refractivity contribution in [3.05, 3.63) is 46.9 Å². The van der Waals surface area contributed by atoms with Crippen LogP contribution in [0.4, 0.5) is 5.13 Å². The third-order valence-electron chi connectivity index (χ3n) is 2.34. The molecule has 1 N–H and O–H groups in total. The quantitative estimate of drug-likeness (QED) is 0.804. The summed E-state index contributed by atoms with van der Waals surface area (Å²) in [5, 5.41) is 13.1. The summed E-state index contributed by atoms with van der Waals surface area (Å²) in [6.07, 6.45) is 0. The van der Waals surface area contributed by atoms with E-state index in [0.29, 0.717) is 10.8 Å². The zero-order valence-corrected chi connectivity index (χ0v) is 11.2. The minimum atomic E-state index is -0.268. The fourth-order valence-electron chi connectivity index (χ4n) is 1.48. The van der Waals surface area contributed by atoms with Gasteiger partial charge in [0.1, 0.15) is 16.2 Å². The highest BCUT2D eigenvalue weighted by molar-refractivity contribution is 7.14. The Morgan fingerprint density at radius 3 is 2.74 bits per heavy atom. The third-order valence-corrected chi connectivity index (χ3v) is 3.84. The Labute approximate surface area is 117 Å². The third kappa shape index (κ3) is 2.67. The highest BCUT2D eigenvalue weighted by atomic mass is 32.1. The summed E-state index contributed by atoms with van der Waals surface area (Å²) >= 11 is 2.71. The average molecular weight is 288 g/mol. The Balaban J connectivity index is 1.80. The lowest BCUT2D eigenvalue weighted by Gasteiger charge is -1.96. The number of carbonyl (C=O) groups is 1. The van der Waals surface area contributed by atoms with Crippen LogP contribution in [0.15, 0.2) is 41.2 Å². The van der Waals surface area contributed by atoms with Gasteiger partial charge in [-0.2, -0.15) is 0 Å². The van der Waals surface area contributed by atoms with Crippen LogP contribution < -0.4 is 5.32 Å². The van der Waals surface area contributed by atoms with Crippen molar-refractivity contribution in [2.75, 3.05) is 5.32 Å². The first-order valence-electron chi connectivity index (χ1n) is 5.41. The van der Waals surface area contributed by atoms with E-state index in [1.165, 1.54) is 22.7 Å². The monoisotopic (exact) mass is 288 g/mol. The van der Waals surface area contributed by atoms with Gasteiger partial charge < -0.3 is 0 Å². The Hall–Kier alpha value is -2.12. The number of carbonyl (C=O) groups excluding carboxylic acids is 1. The molecule has 0 bridgehead atoms. The van der Waals surface area contributed by atoms with Gasteiger partial charge >= 0.3 is 0 Å². The van der Waals surface area contributed by atoms with Gasteiger partial charge in [-0.05, 0) is 0 Å². The van der Waals surface area contributed by atoms with Crippen LogP contribution in [0, 0.1) is 0 Å². The Morgan fingerprint density at radius 2 is 2.00 bits per heavy atom. The number of thiazole rings is 1. The van der Waals surface area contributed by atoms with Gasteiger partial charge in [-0.3, -0.25) is 10.1 Å². The van der Waals surface area contributed by atoms with E-state index in [1.54, 1.807) is 10.9 Å². The summed E-state index contributed by atoms with van der Waals surface area (Å²) in [7, 11) is 0. The van der Waals surface area contributed by atoms with Gasteiger partial charge in [0.15, 0.2) is 0 Å². The number of aromatic nitrogens is 3. The van der Waals surface area contributed by atoms with E-state index in [1.807, 2.05) is 30.3 Å². The number of amides is 1. The number of anilines is 1. The molecule has 0 unspecified atom stereocenters. The van der Waals surface area contributed by atoms with E-state index in [0.717, 1.165) is 10.6 Å². The van der Waals surface area contributed by atoms with Crippen LogP contribution in [0.2, 0.25) is 0 Å². The SMILES string of the molecule is O=C(Nc1nncs1)c1csc(-c2ccccc2)n1. The van der Waals surface area contributed by atoms with E-state index < -0.39 is 0 Å². The maximum atomic E-state index is 11.9. The maximum Gasteiger partial charge on any atom is 0.276 e. The molecule has 0 aliphatic heterocycles. The molecule has 3 rings (SSSR count). The summed E-state index contributed by atoms with van der Waals surface area (Å²) in [4.78, 5) is 16.3. The largest absolute Gasteiger partial charge is 0.295 e. The number of hydrogen-bond acceptors (Lipinski definition) is 6. The molecule has 0 spiro atoms. The molecule has 1 amide bonds. The molecule has 94 valence electrons. The van der Waals surface area contributed by atoms with Gasteiger partial charge in [-0.25, -0.2) is 4.98 Å². The second-order valence-corrected chi connectivity index (χ2v) is 5.29. The van der Waals surface area contributed by atoms with E-state index in [2.05, 4.69) is 20.5 Å². The van der Waals surface area contributed by atoms with Gasteiger partial charge in [0.2, 0.25) is 5.13 Å². The smallest absolute Gasteiger partial charge is 0.276 e. The number of rotatable bonds is 3. The van der Waals surface area contributed by atoms with Crippen LogP contribution in [0.5, 0.6) is 0 Å². The summed E-state index contributed by atoms with van der Waals surface area (Å²) < 4.78 is 0. The fraction of sp³-hybridized carbons (Fsp3) is 0. The Kier molecular flexibility index (Phi) is 3.30. The number of hydrogen-bond donors (Lipinski definition) is 1. The highest BCUT2D eigenvalue weighted by Crippen LogP contribution is 2.23. The molecule has 3 aromatic rings. The van der Waals surface area contributed by atoms with Crippen molar-refractivity contribution in [1.29, 1.82) is 0 Å². The number of benzene rings is 1. The molecule has 0 aliphatic carbocycles. The second kappa shape index (κ2) is 5.25. The first-order chi connectivity index (χ1) is 9.33. The van der Waals surface area contributed by atoms with Crippen molar-refractivity contribution in [2.24, 2.45) is 0 Å². The molecular weight excluding hydrogens is 280 g/mol. The van der Waals surface area contributed by atoms with Gasteiger partial charge in [0, 0.05) is 10.9 Å². The van der Waals surface area contributed by atoms with Crippen molar-refractivity contribution in [3.63, 3.8) is 0 Å². The van der Waals surface area contributed by atoms with E-state index in [4.69, 9.17) is 0 Å². The van der Waals surface area contributed by atoms with Crippen molar-refractivity contribution in [1.82, 2.24) is 15.2 Å². The topological polar surface area (TPSA) is 67.8 Å². The molecule has 0 fully saturated rings. The van der Waals surface area contributed by atoms with E-state index in [9.17, 15) is 4.79 Å². The molecule has 0 saturated heterocycles. The minimum Gasteiger partial charge on any atom is -0.295 e. The number of nitrogens with one attached hydrogen (secondary N) is 1. The number of nitrogens with zero attached hydrogens (tertiary/aromatic N) is 3. The Morgan fingerprint density at radius 1 is 1.16 bits per heavy atom. The first kappa shape index (κ1) is 11.9. The molecule has 0 saturated carbocycles. The standard InChI is InChI=1S/C12H8N4OS2/c17-10(15-12-16-13-7-19-12)9-6-18-11(14-9)8-4-2-1-3-5-8/h1-7H,(H,15,16,17). The van der Waals surface area contributed by atoms with Gasteiger partial charge in [0.05, 0.1) is 0 Å². The van der Waals surface area contributed by atoms with Gasteiger partial charge in [0.25, 0.3) is 5.91 Å². The molecule has 0 radical (unpaired) electrons. The predicted octanol–water partition coefficient (Wildman–Crippen LogP) is 2.91. The normalized spacial score (nSPS) is 10.3. The first-order valence-corrected chi connectivity index (χ1v) is 7.17. The summed E-state index contributed by atoms with van der Waals surface area (Å²) in [5.74, 6) is -0.268. The van der Waals surface area contributed by atoms with Crippen molar-refractivity contribution in [2.45, 2.75) is 0 Å². The van der Waals surface area contributed by atoms with Gasteiger partial charge in [-0.15, -0.1) is 21.5 Å². The van der Waals surface area contributed by atoms with E-state index >= 15 is 0 Å². The summed E-state index contributed by atoms with van der Waals surface area (Å²) in [5.41, 5.74) is 2.95.